The molecule has 3 heteroatoms. The zero-order valence-electron chi connectivity index (χ0n) is 8.58. The third kappa shape index (κ3) is 7.78. The van der Waals surface area contributed by atoms with E-state index in [9.17, 15) is 4.79 Å². The van der Waals surface area contributed by atoms with Gasteiger partial charge in [-0.15, -0.1) is 0 Å². The molecule has 0 spiro atoms. The van der Waals surface area contributed by atoms with Gasteiger partial charge in [0.15, 0.2) is 6.10 Å². The number of carboxylic acid groups (broad SMARTS) is 1. The molecule has 0 saturated heterocycles. The molecular formula is C10H20O3. The smallest absolute Gasteiger partial charge is 0.332 e. The van der Waals surface area contributed by atoms with E-state index in [0.717, 1.165) is 12.8 Å². The Labute approximate surface area is 80.1 Å². The van der Waals surface area contributed by atoms with Crippen molar-refractivity contribution in [1.29, 1.82) is 0 Å². The van der Waals surface area contributed by atoms with Crippen LogP contribution in [0.15, 0.2) is 0 Å². The molecule has 0 heterocycles. The standard InChI is InChI=1S/C10H20O3/c1-3-4-5-6-7-8-13-9(2)10(11)12/h9H,3-8H2,1-2H3,(H,11,12)/t9-/m1/s1. The van der Waals surface area contributed by atoms with Crippen LogP contribution in [-0.4, -0.2) is 23.8 Å². The van der Waals surface area contributed by atoms with Crippen LogP contribution in [0, 0.1) is 0 Å². The average Bonchev–Trinajstić information content (AvgIpc) is 2.10. The second-order valence-corrected chi connectivity index (χ2v) is 3.27. The summed E-state index contributed by atoms with van der Waals surface area (Å²) >= 11 is 0. The van der Waals surface area contributed by atoms with Crippen LogP contribution in [0.2, 0.25) is 0 Å². The maximum Gasteiger partial charge on any atom is 0.332 e. The van der Waals surface area contributed by atoms with Crippen LogP contribution in [0.5, 0.6) is 0 Å². The molecule has 0 aromatic carbocycles. The molecule has 0 aromatic heterocycles. The van der Waals surface area contributed by atoms with Gasteiger partial charge in [-0.3, -0.25) is 0 Å². The van der Waals surface area contributed by atoms with Gasteiger partial charge in [0.2, 0.25) is 0 Å². The molecule has 0 bridgehead atoms. The fourth-order valence-electron chi connectivity index (χ4n) is 1.04. The first-order valence-corrected chi connectivity index (χ1v) is 5.03. The SMILES string of the molecule is CCCCCCCO[C@H](C)C(=O)O. The molecule has 0 aliphatic heterocycles. The third-order valence-corrected chi connectivity index (χ3v) is 1.96. The number of rotatable bonds is 8. The van der Waals surface area contributed by atoms with Gasteiger partial charge in [0.25, 0.3) is 0 Å². The van der Waals surface area contributed by atoms with Crippen molar-refractivity contribution >= 4 is 5.97 Å². The molecule has 78 valence electrons. The first-order chi connectivity index (χ1) is 6.18. The molecule has 0 aromatic rings. The number of aliphatic carboxylic acids is 1. The van der Waals surface area contributed by atoms with Gasteiger partial charge in [-0.25, -0.2) is 4.79 Å². The largest absolute Gasteiger partial charge is 0.479 e. The lowest BCUT2D eigenvalue weighted by Crippen LogP contribution is -2.20. The molecule has 0 aliphatic rings. The second-order valence-electron chi connectivity index (χ2n) is 3.27. The van der Waals surface area contributed by atoms with E-state index in [1.54, 1.807) is 6.92 Å². The highest BCUT2D eigenvalue weighted by Gasteiger charge is 2.09. The zero-order chi connectivity index (χ0) is 10.1. The molecule has 0 radical (unpaired) electrons. The van der Waals surface area contributed by atoms with Gasteiger partial charge in [0.05, 0.1) is 0 Å². The Morgan fingerprint density at radius 3 is 2.46 bits per heavy atom. The minimum Gasteiger partial charge on any atom is -0.479 e. The van der Waals surface area contributed by atoms with E-state index in [2.05, 4.69) is 6.92 Å². The summed E-state index contributed by atoms with van der Waals surface area (Å²) in [7, 11) is 0. The van der Waals surface area contributed by atoms with E-state index in [1.165, 1.54) is 19.3 Å². The molecule has 13 heavy (non-hydrogen) atoms. The summed E-state index contributed by atoms with van der Waals surface area (Å²) in [6.45, 7) is 4.30. The first kappa shape index (κ1) is 12.4. The van der Waals surface area contributed by atoms with E-state index >= 15 is 0 Å². The topological polar surface area (TPSA) is 46.5 Å². The third-order valence-electron chi connectivity index (χ3n) is 1.96. The summed E-state index contributed by atoms with van der Waals surface area (Å²) in [5, 5.41) is 8.50. The second kappa shape index (κ2) is 8.05. The fraction of sp³-hybridized carbons (Fsp3) is 0.900. The zero-order valence-corrected chi connectivity index (χ0v) is 8.58. The molecule has 3 nitrogen and oxygen atoms in total. The Bertz CT molecular complexity index is 134. The minimum atomic E-state index is -0.881. The minimum absolute atomic E-state index is 0.567. The van der Waals surface area contributed by atoms with Crippen molar-refractivity contribution in [2.24, 2.45) is 0 Å². The van der Waals surface area contributed by atoms with Crippen molar-refractivity contribution in [1.82, 2.24) is 0 Å². The first-order valence-electron chi connectivity index (χ1n) is 5.03. The predicted molar refractivity (Wildman–Crippen MR) is 51.8 cm³/mol. The van der Waals surface area contributed by atoms with Crippen LogP contribution >= 0.6 is 0 Å². The lowest BCUT2D eigenvalue weighted by Gasteiger charge is -2.07. The molecule has 0 rings (SSSR count). The summed E-state index contributed by atoms with van der Waals surface area (Å²) in [5.74, 6) is -0.881. The van der Waals surface area contributed by atoms with Gasteiger partial charge in [-0.1, -0.05) is 32.6 Å². The monoisotopic (exact) mass is 188 g/mol. The molecule has 0 unspecified atom stereocenters. The van der Waals surface area contributed by atoms with Crippen molar-refractivity contribution in [2.45, 2.75) is 52.1 Å². The average molecular weight is 188 g/mol. The Morgan fingerprint density at radius 2 is 1.92 bits per heavy atom. The molecule has 0 saturated carbocycles. The van der Waals surface area contributed by atoms with Gasteiger partial charge in [-0.05, 0) is 13.3 Å². The molecule has 0 amide bonds. The summed E-state index contributed by atoms with van der Waals surface area (Å²) in [4.78, 5) is 10.3. The van der Waals surface area contributed by atoms with Crippen LogP contribution in [0.1, 0.15) is 46.0 Å². The number of hydrogen-bond donors (Lipinski definition) is 1. The lowest BCUT2D eigenvalue weighted by molar-refractivity contribution is -0.149. The fourth-order valence-corrected chi connectivity index (χ4v) is 1.04. The molecular weight excluding hydrogens is 168 g/mol. The van der Waals surface area contributed by atoms with Crippen molar-refractivity contribution in [3.63, 3.8) is 0 Å². The predicted octanol–water partition coefficient (Wildman–Crippen LogP) is 2.45. The highest BCUT2D eigenvalue weighted by Crippen LogP contribution is 2.03. The molecule has 0 fully saturated rings. The van der Waals surface area contributed by atoms with Gasteiger partial charge in [-0.2, -0.15) is 0 Å². The summed E-state index contributed by atoms with van der Waals surface area (Å²) in [6, 6.07) is 0. The van der Waals surface area contributed by atoms with Gasteiger partial charge in [0.1, 0.15) is 0 Å². The van der Waals surface area contributed by atoms with Gasteiger partial charge >= 0.3 is 5.97 Å². The Balaban J connectivity index is 3.11. The van der Waals surface area contributed by atoms with E-state index < -0.39 is 12.1 Å². The number of unbranched alkanes of at least 4 members (excludes halogenated alkanes) is 4. The van der Waals surface area contributed by atoms with Crippen molar-refractivity contribution in [3.05, 3.63) is 0 Å². The van der Waals surface area contributed by atoms with Crippen LogP contribution in [0.25, 0.3) is 0 Å². The number of carbonyl (C=O) groups is 1. The normalized spacial score (nSPS) is 12.8. The number of hydrogen-bond acceptors (Lipinski definition) is 2. The Hall–Kier alpha value is -0.570. The van der Waals surface area contributed by atoms with Crippen LogP contribution in [0.3, 0.4) is 0 Å². The Kier molecular flexibility index (Phi) is 7.69. The van der Waals surface area contributed by atoms with E-state index in [1.807, 2.05) is 0 Å². The summed E-state index contributed by atoms with van der Waals surface area (Å²) in [6.07, 6.45) is 5.16. The highest BCUT2D eigenvalue weighted by atomic mass is 16.5. The highest BCUT2D eigenvalue weighted by molar-refractivity contribution is 5.71. The molecule has 1 atom stereocenters. The van der Waals surface area contributed by atoms with Crippen LogP contribution in [-0.2, 0) is 9.53 Å². The van der Waals surface area contributed by atoms with E-state index in [-0.39, 0.29) is 0 Å². The van der Waals surface area contributed by atoms with Crippen LogP contribution in [0.4, 0.5) is 0 Å². The summed E-state index contributed by atoms with van der Waals surface area (Å²) < 4.78 is 5.08. The Morgan fingerprint density at radius 1 is 1.31 bits per heavy atom. The lowest BCUT2D eigenvalue weighted by atomic mass is 10.2. The summed E-state index contributed by atoms with van der Waals surface area (Å²) in [5.41, 5.74) is 0. The quantitative estimate of drug-likeness (QED) is 0.595. The van der Waals surface area contributed by atoms with Gasteiger partial charge < -0.3 is 9.84 Å². The maximum absolute atomic E-state index is 10.3. The number of carboxylic acids is 1. The maximum atomic E-state index is 10.3. The van der Waals surface area contributed by atoms with E-state index in [0.29, 0.717) is 6.61 Å². The van der Waals surface area contributed by atoms with Crippen molar-refractivity contribution in [3.8, 4) is 0 Å². The van der Waals surface area contributed by atoms with Crippen LogP contribution < -0.4 is 0 Å². The molecule has 1 N–H and O–H groups in total. The molecule has 0 aliphatic carbocycles. The number of ether oxygens (including phenoxy) is 1. The van der Waals surface area contributed by atoms with Crippen molar-refractivity contribution < 1.29 is 14.6 Å². The van der Waals surface area contributed by atoms with Gasteiger partial charge in [0, 0.05) is 6.61 Å². The van der Waals surface area contributed by atoms with E-state index in [4.69, 9.17) is 9.84 Å². The van der Waals surface area contributed by atoms with Crippen molar-refractivity contribution in [2.75, 3.05) is 6.61 Å².